The molecule has 2 aromatic rings. The summed E-state index contributed by atoms with van der Waals surface area (Å²) in [6.45, 7) is 3.82. The van der Waals surface area contributed by atoms with Crippen LogP contribution in [0.5, 0.6) is 5.75 Å². The number of hydrogen-bond acceptors (Lipinski definition) is 4. The first kappa shape index (κ1) is 18.0. The molecule has 0 unspecified atom stereocenters. The highest BCUT2D eigenvalue weighted by Crippen LogP contribution is 2.54. The molecule has 0 aromatic heterocycles. The van der Waals surface area contributed by atoms with Crippen molar-refractivity contribution >= 4 is 5.91 Å². The summed E-state index contributed by atoms with van der Waals surface area (Å²) < 4.78 is 5.52. The molecule has 5 heteroatoms. The van der Waals surface area contributed by atoms with Gasteiger partial charge in [-0.2, -0.15) is 0 Å². The fraction of sp³-hybridized carbons (Fsp3) is 0.409. The van der Waals surface area contributed by atoms with E-state index in [0.29, 0.717) is 19.6 Å². The molecule has 1 N–H and O–H groups in total. The Morgan fingerprint density at radius 2 is 1.81 bits per heavy atom. The fourth-order valence-electron chi connectivity index (χ4n) is 4.87. The minimum atomic E-state index is -0.124. The first-order chi connectivity index (χ1) is 13.1. The number of aliphatic hydroxyl groups is 1. The standard InChI is InChI=1S/C22H26N2O3/c1-16(26)23-14-22(15-23)21(17-8-4-3-5-9-17)19(13-25)24(22)12-18-10-6-7-11-20(18)27-2/h3-11,19,21,25H,12-15H2,1-2H3/t19-,21+/m0/s1. The lowest BCUT2D eigenvalue weighted by Gasteiger charge is -2.70. The van der Waals surface area contributed by atoms with Crippen molar-refractivity contribution in [3.05, 3.63) is 65.7 Å². The van der Waals surface area contributed by atoms with E-state index in [1.165, 1.54) is 5.56 Å². The number of aliphatic hydroxyl groups excluding tert-OH is 1. The smallest absolute Gasteiger partial charge is 0.219 e. The Kier molecular flexibility index (Phi) is 4.66. The van der Waals surface area contributed by atoms with Crippen molar-refractivity contribution in [2.24, 2.45) is 0 Å². The zero-order chi connectivity index (χ0) is 19.0. The van der Waals surface area contributed by atoms with Crippen molar-refractivity contribution in [3.8, 4) is 5.75 Å². The Morgan fingerprint density at radius 3 is 2.44 bits per heavy atom. The van der Waals surface area contributed by atoms with Gasteiger partial charge >= 0.3 is 0 Å². The molecule has 4 rings (SSSR count). The molecule has 0 bridgehead atoms. The Labute approximate surface area is 160 Å². The summed E-state index contributed by atoms with van der Waals surface area (Å²) in [5.74, 6) is 1.18. The lowest BCUT2D eigenvalue weighted by atomic mass is 9.60. The minimum Gasteiger partial charge on any atom is -0.496 e. The number of likely N-dealkylation sites (tertiary alicyclic amines) is 2. The number of amides is 1. The lowest BCUT2D eigenvalue weighted by Crippen LogP contribution is -2.84. The van der Waals surface area contributed by atoms with Crippen LogP contribution in [0.2, 0.25) is 0 Å². The van der Waals surface area contributed by atoms with E-state index in [4.69, 9.17) is 4.74 Å². The van der Waals surface area contributed by atoms with Crippen molar-refractivity contribution in [1.29, 1.82) is 0 Å². The zero-order valence-corrected chi connectivity index (χ0v) is 15.8. The average Bonchev–Trinajstić information content (AvgIpc) is 2.64. The summed E-state index contributed by atoms with van der Waals surface area (Å²) in [4.78, 5) is 16.1. The van der Waals surface area contributed by atoms with E-state index in [9.17, 15) is 9.90 Å². The Hall–Kier alpha value is -2.37. The number of hydrogen-bond donors (Lipinski definition) is 1. The maximum Gasteiger partial charge on any atom is 0.219 e. The highest BCUT2D eigenvalue weighted by molar-refractivity contribution is 5.75. The number of methoxy groups -OCH3 is 1. The monoisotopic (exact) mass is 366 g/mol. The third kappa shape index (κ3) is 2.82. The predicted molar refractivity (Wildman–Crippen MR) is 104 cm³/mol. The summed E-state index contributed by atoms with van der Waals surface area (Å²) in [6, 6.07) is 18.4. The van der Waals surface area contributed by atoms with Gasteiger partial charge in [-0.05, 0) is 11.6 Å². The molecule has 2 fully saturated rings. The number of carbonyl (C=O) groups excluding carboxylic acids is 1. The second-order valence-electron chi connectivity index (χ2n) is 7.56. The Balaban J connectivity index is 1.66. The molecule has 142 valence electrons. The van der Waals surface area contributed by atoms with E-state index < -0.39 is 0 Å². The highest BCUT2D eigenvalue weighted by atomic mass is 16.5. The van der Waals surface area contributed by atoms with Gasteiger partial charge in [-0.3, -0.25) is 9.69 Å². The number of ether oxygens (including phenoxy) is 1. The van der Waals surface area contributed by atoms with Crippen LogP contribution in [0.4, 0.5) is 0 Å². The van der Waals surface area contributed by atoms with Gasteiger partial charge in [0, 0.05) is 44.1 Å². The van der Waals surface area contributed by atoms with Gasteiger partial charge in [0.05, 0.1) is 19.3 Å². The Bertz CT molecular complexity index is 817. The third-order valence-electron chi connectivity index (χ3n) is 6.19. The molecule has 1 spiro atoms. The van der Waals surface area contributed by atoms with E-state index in [1.54, 1.807) is 14.0 Å². The summed E-state index contributed by atoms with van der Waals surface area (Å²) in [5.41, 5.74) is 2.21. The van der Waals surface area contributed by atoms with Gasteiger partial charge in [0.15, 0.2) is 0 Å². The van der Waals surface area contributed by atoms with Crippen LogP contribution in [-0.4, -0.2) is 59.2 Å². The van der Waals surface area contributed by atoms with E-state index in [2.05, 4.69) is 23.1 Å². The summed E-state index contributed by atoms with van der Waals surface area (Å²) in [7, 11) is 1.68. The molecular formula is C22H26N2O3. The number of rotatable bonds is 5. The first-order valence-corrected chi connectivity index (χ1v) is 9.40. The average molecular weight is 366 g/mol. The number of nitrogens with zero attached hydrogens (tertiary/aromatic N) is 2. The van der Waals surface area contributed by atoms with Crippen LogP contribution in [0.1, 0.15) is 24.0 Å². The van der Waals surface area contributed by atoms with E-state index >= 15 is 0 Å². The summed E-state index contributed by atoms with van der Waals surface area (Å²) >= 11 is 0. The van der Waals surface area contributed by atoms with Gasteiger partial charge in [0.25, 0.3) is 0 Å². The van der Waals surface area contributed by atoms with E-state index in [0.717, 1.165) is 11.3 Å². The topological polar surface area (TPSA) is 53.0 Å². The summed E-state index contributed by atoms with van der Waals surface area (Å²) in [6.07, 6.45) is 0. The lowest BCUT2D eigenvalue weighted by molar-refractivity contribution is -0.199. The normalized spacial score (nSPS) is 23.6. The predicted octanol–water partition coefficient (Wildman–Crippen LogP) is 2.26. The fourth-order valence-corrected chi connectivity index (χ4v) is 4.87. The van der Waals surface area contributed by atoms with E-state index in [-0.39, 0.29) is 30.0 Å². The van der Waals surface area contributed by atoms with Crippen LogP contribution in [0.25, 0.3) is 0 Å². The van der Waals surface area contributed by atoms with Gasteiger partial charge in [-0.25, -0.2) is 0 Å². The van der Waals surface area contributed by atoms with Crippen molar-refractivity contribution in [3.63, 3.8) is 0 Å². The molecule has 2 saturated heterocycles. The SMILES string of the molecule is COc1ccccc1CN1[C@@H](CO)[C@@H](c2ccccc2)C12CN(C(C)=O)C2. The number of carbonyl (C=O) groups is 1. The second kappa shape index (κ2) is 6.98. The van der Waals surface area contributed by atoms with Crippen LogP contribution in [0.15, 0.2) is 54.6 Å². The van der Waals surface area contributed by atoms with Crippen LogP contribution < -0.4 is 4.74 Å². The van der Waals surface area contributed by atoms with E-state index in [1.807, 2.05) is 41.3 Å². The third-order valence-corrected chi connectivity index (χ3v) is 6.19. The highest BCUT2D eigenvalue weighted by Gasteiger charge is 2.65. The molecule has 0 saturated carbocycles. The molecule has 1 amide bonds. The maximum atomic E-state index is 11.9. The van der Waals surface area contributed by atoms with Crippen LogP contribution in [-0.2, 0) is 11.3 Å². The number of benzene rings is 2. The Morgan fingerprint density at radius 1 is 1.15 bits per heavy atom. The zero-order valence-electron chi connectivity index (χ0n) is 15.8. The molecular weight excluding hydrogens is 340 g/mol. The molecule has 2 heterocycles. The molecule has 5 nitrogen and oxygen atoms in total. The van der Waals surface area contributed by atoms with Gasteiger partial charge in [-0.15, -0.1) is 0 Å². The molecule has 27 heavy (non-hydrogen) atoms. The number of para-hydroxylation sites is 1. The van der Waals surface area contributed by atoms with Gasteiger partial charge in [0.1, 0.15) is 5.75 Å². The molecule has 2 aromatic carbocycles. The maximum absolute atomic E-state index is 11.9. The van der Waals surface area contributed by atoms with Crippen LogP contribution in [0.3, 0.4) is 0 Å². The van der Waals surface area contributed by atoms with Crippen LogP contribution >= 0.6 is 0 Å². The van der Waals surface area contributed by atoms with Crippen LogP contribution in [0, 0.1) is 0 Å². The van der Waals surface area contributed by atoms with Gasteiger partial charge < -0.3 is 14.7 Å². The quantitative estimate of drug-likeness (QED) is 0.882. The van der Waals surface area contributed by atoms with Gasteiger partial charge in [0.2, 0.25) is 5.91 Å². The van der Waals surface area contributed by atoms with Crippen molar-refractivity contribution in [2.45, 2.75) is 31.0 Å². The second-order valence-corrected chi connectivity index (χ2v) is 7.56. The molecule has 0 radical (unpaired) electrons. The van der Waals surface area contributed by atoms with Crippen molar-refractivity contribution in [1.82, 2.24) is 9.80 Å². The first-order valence-electron chi connectivity index (χ1n) is 9.40. The molecule has 2 aliphatic rings. The van der Waals surface area contributed by atoms with Crippen molar-refractivity contribution in [2.75, 3.05) is 26.8 Å². The van der Waals surface area contributed by atoms with Gasteiger partial charge in [-0.1, -0.05) is 48.5 Å². The molecule has 2 atom stereocenters. The molecule has 0 aliphatic carbocycles. The summed E-state index contributed by atoms with van der Waals surface area (Å²) in [5, 5.41) is 10.2. The minimum absolute atomic E-state index is 0.0337. The molecule has 2 aliphatic heterocycles. The largest absolute Gasteiger partial charge is 0.496 e. The van der Waals surface area contributed by atoms with Crippen molar-refractivity contribution < 1.29 is 14.6 Å².